The third-order valence-corrected chi connectivity index (χ3v) is 7.03. The van der Waals surface area contributed by atoms with Gasteiger partial charge in [0.05, 0.1) is 20.3 Å². The average molecular weight is 474 g/mol. The second-order valence-corrected chi connectivity index (χ2v) is 9.21. The van der Waals surface area contributed by atoms with Gasteiger partial charge in [-0.25, -0.2) is 8.42 Å². The van der Waals surface area contributed by atoms with Gasteiger partial charge in [0.1, 0.15) is 10.6 Å². The number of carbonyl (C=O) groups excluding carboxylic acids is 2. The summed E-state index contributed by atoms with van der Waals surface area (Å²) in [5, 5.41) is 0. The maximum absolute atomic E-state index is 13.1. The predicted molar refractivity (Wildman–Crippen MR) is 124 cm³/mol. The molecule has 3 rings (SSSR count). The summed E-state index contributed by atoms with van der Waals surface area (Å²) < 4.78 is 38.2. The number of hydrogen-bond donors (Lipinski definition) is 1. The molecular formula is C23H27N3O6S. The minimum atomic E-state index is -3.80. The average Bonchev–Trinajstić information content (AvgIpc) is 2.83. The Morgan fingerprint density at radius 2 is 1.85 bits per heavy atom. The van der Waals surface area contributed by atoms with Gasteiger partial charge in [0.25, 0.3) is 5.91 Å². The van der Waals surface area contributed by atoms with Crippen molar-refractivity contribution in [2.45, 2.75) is 11.3 Å². The van der Waals surface area contributed by atoms with Gasteiger partial charge in [0.2, 0.25) is 15.9 Å². The molecule has 0 radical (unpaired) electrons. The Balaban J connectivity index is 1.87. The first-order valence-electron chi connectivity index (χ1n) is 10.4. The van der Waals surface area contributed by atoms with Crippen LogP contribution in [-0.2, 0) is 24.3 Å². The molecule has 2 amide bonds. The number of para-hydroxylation sites is 1. The van der Waals surface area contributed by atoms with E-state index in [1.165, 1.54) is 34.5 Å². The topological polar surface area (TPSA) is 119 Å². The van der Waals surface area contributed by atoms with Crippen molar-refractivity contribution >= 4 is 33.6 Å². The predicted octanol–water partition coefficient (Wildman–Crippen LogP) is 1.64. The van der Waals surface area contributed by atoms with E-state index in [1.54, 1.807) is 36.4 Å². The fourth-order valence-electron chi connectivity index (χ4n) is 3.38. The highest BCUT2D eigenvalue weighted by Gasteiger charge is 2.29. The van der Waals surface area contributed by atoms with E-state index >= 15 is 0 Å². The Bertz CT molecular complexity index is 1110. The molecule has 2 N–H and O–H groups in total. The number of primary amides is 1. The van der Waals surface area contributed by atoms with Crippen LogP contribution in [0.3, 0.4) is 0 Å². The van der Waals surface area contributed by atoms with E-state index in [1.807, 2.05) is 6.07 Å². The number of carbonyl (C=O) groups is 2. The summed E-state index contributed by atoms with van der Waals surface area (Å²) in [6.45, 7) is 1.31. The zero-order valence-electron chi connectivity index (χ0n) is 18.3. The van der Waals surface area contributed by atoms with Gasteiger partial charge in [-0.1, -0.05) is 24.3 Å². The normalized spacial score (nSPS) is 14.8. The van der Waals surface area contributed by atoms with E-state index in [2.05, 4.69) is 0 Å². The van der Waals surface area contributed by atoms with Crippen molar-refractivity contribution < 1.29 is 27.5 Å². The fourth-order valence-corrected chi connectivity index (χ4v) is 4.98. The number of morpholine rings is 1. The van der Waals surface area contributed by atoms with Crippen LogP contribution in [-0.4, -0.2) is 64.5 Å². The van der Waals surface area contributed by atoms with Crippen molar-refractivity contribution in [2.24, 2.45) is 5.73 Å². The summed E-state index contributed by atoms with van der Waals surface area (Å²) in [7, 11) is -2.39. The van der Waals surface area contributed by atoms with Crippen LogP contribution in [0.25, 0.3) is 6.08 Å². The van der Waals surface area contributed by atoms with Crippen molar-refractivity contribution in [3.63, 3.8) is 0 Å². The zero-order valence-corrected chi connectivity index (χ0v) is 19.2. The minimum absolute atomic E-state index is 0.0128. The number of benzene rings is 2. The van der Waals surface area contributed by atoms with Crippen LogP contribution in [0.5, 0.6) is 5.75 Å². The van der Waals surface area contributed by atoms with Crippen molar-refractivity contribution in [1.82, 2.24) is 4.31 Å². The molecule has 0 atom stereocenters. The van der Waals surface area contributed by atoms with E-state index in [0.29, 0.717) is 24.5 Å². The molecule has 0 unspecified atom stereocenters. The number of nitrogens with two attached hydrogens (primary N) is 1. The van der Waals surface area contributed by atoms with Crippen LogP contribution < -0.4 is 15.4 Å². The Hall–Kier alpha value is -3.21. The zero-order chi connectivity index (χ0) is 23.8. The minimum Gasteiger partial charge on any atom is -0.495 e. The lowest BCUT2D eigenvalue weighted by molar-refractivity contribution is -0.118. The van der Waals surface area contributed by atoms with Gasteiger partial charge < -0.3 is 20.1 Å². The van der Waals surface area contributed by atoms with Crippen molar-refractivity contribution in [3.8, 4) is 5.75 Å². The molecule has 0 bridgehead atoms. The van der Waals surface area contributed by atoms with Crippen LogP contribution in [0.1, 0.15) is 12.0 Å². The highest BCUT2D eigenvalue weighted by Crippen LogP contribution is 2.29. The first-order chi connectivity index (χ1) is 15.8. The van der Waals surface area contributed by atoms with Gasteiger partial charge in [0, 0.05) is 37.8 Å². The molecule has 1 aliphatic rings. The largest absolute Gasteiger partial charge is 0.495 e. The Morgan fingerprint density at radius 1 is 1.15 bits per heavy atom. The number of sulfonamides is 1. The lowest BCUT2D eigenvalue weighted by Crippen LogP contribution is -2.40. The third kappa shape index (κ3) is 6.19. The van der Waals surface area contributed by atoms with Gasteiger partial charge in [-0.05, 0) is 35.9 Å². The van der Waals surface area contributed by atoms with Crippen LogP contribution in [0.4, 0.5) is 5.69 Å². The van der Waals surface area contributed by atoms with Crippen LogP contribution in [0.2, 0.25) is 0 Å². The van der Waals surface area contributed by atoms with Gasteiger partial charge in [-0.2, -0.15) is 4.31 Å². The maximum Gasteiger partial charge on any atom is 0.251 e. The molecule has 0 aliphatic carbocycles. The van der Waals surface area contributed by atoms with Gasteiger partial charge in [-0.15, -0.1) is 0 Å². The fraction of sp³-hybridized carbons (Fsp3) is 0.304. The SMILES string of the molecule is COc1ccc(/C=C/C(=O)N(CCC(N)=O)c2ccccc2)cc1S(=O)(=O)N1CCOCC1. The van der Waals surface area contributed by atoms with Crippen LogP contribution >= 0.6 is 0 Å². The van der Waals surface area contributed by atoms with Crippen LogP contribution in [0, 0.1) is 0 Å². The number of anilines is 1. The number of hydrogen-bond acceptors (Lipinski definition) is 6. The Labute approximate surface area is 193 Å². The van der Waals surface area contributed by atoms with Crippen LogP contribution in [0.15, 0.2) is 59.5 Å². The van der Waals surface area contributed by atoms with Crippen molar-refractivity contribution in [3.05, 3.63) is 60.2 Å². The molecule has 2 aromatic rings. The van der Waals surface area contributed by atoms with Gasteiger partial charge in [-0.3, -0.25) is 9.59 Å². The first-order valence-corrected chi connectivity index (χ1v) is 11.9. The summed E-state index contributed by atoms with van der Waals surface area (Å²) in [5.74, 6) is -0.658. The summed E-state index contributed by atoms with van der Waals surface area (Å²) in [5.41, 5.74) is 6.39. The smallest absolute Gasteiger partial charge is 0.251 e. The second kappa shape index (κ2) is 11.1. The highest BCUT2D eigenvalue weighted by atomic mass is 32.2. The summed E-state index contributed by atoms with van der Waals surface area (Å²) in [4.78, 5) is 25.6. The van der Waals surface area contributed by atoms with Crippen molar-refractivity contribution in [2.75, 3.05) is 44.9 Å². The van der Waals surface area contributed by atoms with Crippen molar-refractivity contribution in [1.29, 1.82) is 0 Å². The van der Waals surface area contributed by atoms with E-state index in [0.717, 1.165) is 0 Å². The molecule has 2 aromatic carbocycles. The molecule has 1 saturated heterocycles. The monoisotopic (exact) mass is 473 g/mol. The lowest BCUT2D eigenvalue weighted by atomic mass is 10.2. The summed E-state index contributed by atoms with van der Waals surface area (Å²) in [6.07, 6.45) is 2.88. The second-order valence-electron chi connectivity index (χ2n) is 7.30. The lowest BCUT2D eigenvalue weighted by Gasteiger charge is -2.26. The molecule has 0 spiro atoms. The maximum atomic E-state index is 13.1. The summed E-state index contributed by atoms with van der Waals surface area (Å²) >= 11 is 0. The molecule has 10 heteroatoms. The van der Waals surface area contributed by atoms with E-state index < -0.39 is 15.9 Å². The molecular weight excluding hydrogens is 446 g/mol. The molecule has 176 valence electrons. The molecule has 0 aromatic heterocycles. The van der Waals surface area contributed by atoms with Gasteiger partial charge in [0.15, 0.2) is 0 Å². The number of nitrogens with zero attached hydrogens (tertiary/aromatic N) is 2. The third-order valence-electron chi connectivity index (χ3n) is 5.11. The highest BCUT2D eigenvalue weighted by molar-refractivity contribution is 7.89. The Kier molecular flexibility index (Phi) is 8.21. The van der Waals surface area contributed by atoms with Gasteiger partial charge >= 0.3 is 0 Å². The van der Waals surface area contributed by atoms with E-state index in [9.17, 15) is 18.0 Å². The van der Waals surface area contributed by atoms with E-state index in [4.69, 9.17) is 15.2 Å². The molecule has 1 heterocycles. The summed E-state index contributed by atoms with van der Waals surface area (Å²) in [6, 6.07) is 13.6. The molecule has 33 heavy (non-hydrogen) atoms. The number of ether oxygens (including phenoxy) is 2. The molecule has 1 fully saturated rings. The quantitative estimate of drug-likeness (QED) is 0.553. The number of amides is 2. The number of methoxy groups -OCH3 is 1. The Morgan fingerprint density at radius 3 is 2.48 bits per heavy atom. The molecule has 9 nitrogen and oxygen atoms in total. The van der Waals surface area contributed by atoms with E-state index in [-0.39, 0.29) is 42.6 Å². The molecule has 1 aliphatic heterocycles. The first kappa shape index (κ1) is 24.4. The molecule has 0 saturated carbocycles. The standard InChI is InChI=1S/C23H27N3O6S/c1-31-20-9-7-18(17-21(20)33(29,30)25-13-15-32-16-14-25)8-10-23(28)26(12-11-22(24)27)19-5-3-2-4-6-19/h2-10,17H,11-16H2,1H3,(H2,24,27)/b10-8+. The number of rotatable bonds is 9.